The average molecular weight is 585 g/mol. The van der Waals surface area contributed by atoms with Crippen LogP contribution in [0.15, 0.2) is 103 Å². The molecule has 0 aliphatic carbocycles. The Morgan fingerprint density at radius 2 is 1.36 bits per heavy atom. The molecule has 4 atom stereocenters. The van der Waals surface area contributed by atoms with E-state index in [-0.39, 0.29) is 11.6 Å². The summed E-state index contributed by atoms with van der Waals surface area (Å²) in [4.78, 5) is 0. The summed E-state index contributed by atoms with van der Waals surface area (Å²) in [6, 6.07) is 35.2. The third kappa shape index (κ3) is 5.13. The number of aliphatic hydroxyl groups is 1. The summed E-state index contributed by atoms with van der Waals surface area (Å²) in [5.74, 6) is -2.40. The van der Waals surface area contributed by atoms with Crippen LogP contribution >= 0.6 is 0 Å². The van der Waals surface area contributed by atoms with Crippen LogP contribution in [-0.2, 0) is 30.0 Å². The molecule has 0 radical (unpaired) electrons. The highest BCUT2D eigenvalue weighted by Crippen LogP contribution is 2.48. The Balaban J connectivity index is 1.44. The van der Waals surface area contributed by atoms with Gasteiger partial charge in [0.2, 0.25) is 5.79 Å². The lowest BCUT2D eigenvalue weighted by Gasteiger charge is -2.49. The molecule has 7 heteroatoms. The fourth-order valence-electron chi connectivity index (χ4n) is 6.45. The van der Waals surface area contributed by atoms with Gasteiger partial charge in [-0.1, -0.05) is 118 Å². The molecule has 6 rings (SSSR count). The first-order chi connectivity index (χ1) is 20.1. The van der Waals surface area contributed by atoms with Crippen LogP contribution in [0.25, 0.3) is 10.8 Å². The quantitative estimate of drug-likeness (QED) is 0.276. The van der Waals surface area contributed by atoms with Crippen molar-refractivity contribution in [2.75, 3.05) is 6.61 Å². The van der Waals surface area contributed by atoms with Crippen molar-refractivity contribution in [3.05, 3.63) is 109 Å². The molecule has 0 aromatic heterocycles. The van der Waals surface area contributed by atoms with E-state index in [0.29, 0.717) is 0 Å². The van der Waals surface area contributed by atoms with Gasteiger partial charge in [0.1, 0.15) is 12.2 Å². The van der Waals surface area contributed by atoms with Crippen molar-refractivity contribution in [3.63, 3.8) is 0 Å². The lowest BCUT2D eigenvalue weighted by atomic mass is 10.1. The number of hydrogen-bond donors (Lipinski definition) is 1. The number of aliphatic hydroxyl groups excluding tert-OH is 1. The van der Waals surface area contributed by atoms with Gasteiger partial charge in [0.15, 0.2) is 12.1 Å². The minimum Gasteiger partial charge on any atom is -0.391 e. The van der Waals surface area contributed by atoms with Gasteiger partial charge in [-0.25, -0.2) is 0 Å². The van der Waals surface area contributed by atoms with Gasteiger partial charge in [-0.05, 0) is 51.7 Å². The molecule has 220 valence electrons. The van der Waals surface area contributed by atoms with E-state index < -0.39 is 45.0 Å². The van der Waals surface area contributed by atoms with Gasteiger partial charge in [0.25, 0.3) is 8.32 Å². The van der Waals surface area contributed by atoms with Crippen LogP contribution in [0.4, 0.5) is 0 Å². The smallest absolute Gasteiger partial charge is 0.265 e. The van der Waals surface area contributed by atoms with Crippen LogP contribution < -0.4 is 10.4 Å². The summed E-state index contributed by atoms with van der Waals surface area (Å²) in [6.45, 7) is 10.2. The van der Waals surface area contributed by atoms with E-state index in [2.05, 4.69) is 75.4 Å². The number of ether oxygens (including phenoxy) is 4. The highest BCUT2D eigenvalue weighted by Gasteiger charge is 2.67. The third-order valence-corrected chi connectivity index (χ3v) is 13.4. The SMILES string of the molecule is CC1(C)O[C@H]2O[C@](CO)(O[Si](c3ccccc3)(c3ccccc3)C(C)(C)C)[C@@H](OCc3ccc4ccccc4c3)[C@H]2O1. The molecule has 0 unspecified atom stereocenters. The Hall–Kier alpha value is -2.88. The summed E-state index contributed by atoms with van der Waals surface area (Å²) < 4.78 is 33.3. The van der Waals surface area contributed by atoms with Crippen molar-refractivity contribution < 1.29 is 28.5 Å². The van der Waals surface area contributed by atoms with Gasteiger partial charge in [0.05, 0.1) is 13.2 Å². The van der Waals surface area contributed by atoms with E-state index in [0.717, 1.165) is 21.3 Å². The zero-order valence-electron chi connectivity index (χ0n) is 24.9. The number of rotatable bonds is 8. The van der Waals surface area contributed by atoms with E-state index in [1.54, 1.807) is 0 Å². The predicted molar refractivity (Wildman–Crippen MR) is 166 cm³/mol. The van der Waals surface area contributed by atoms with Gasteiger partial charge >= 0.3 is 0 Å². The van der Waals surface area contributed by atoms with E-state index in [1.807, 2.05) is 62.4 Å². The molecular weight excluding hydrogens is 544 g/mol. The van der Waals surface area contributed by atoms with Crippen LogP contribution in [0.3, 0.4) is 0 Å². The third-order valence-electron chi connectivity index (χ3n) is 8.34. The summed E-state index contributed by atoms with van der Waals surface area (Å²) in [5, 5.41) is 15.3. The zero-order valence-corrected chi connectivity index (χ0v) is 25.9. The summed E-state index contributed by atoms with van der Waals surface area (Å²) in [5.41, 5.74) is 1.01. The van der Waals surface area contributed by atoms with Crippen LogP contribution in [0.1, 0.15) is 40.2 Å². The minimum absolute atomic E-state index is 0.289. The number of fused-ring (bicyclic) bond motifs is 2. The fourth-order valence-corrected chi connectivity index (χ4v) is 11.1. The minimum atomic E-state index is -3.15. The molecule has 1 N–H and O–H groups in total. The molecule has 0 bridgehead atoms. The molecular formula is C35H40O6Si. The molecule has 4 aromatic carbocycles. The predicted octanol–water partition coefficient (Wildman–Crippen LogP) is 5.50. The molecule has 0 spiro atoms. The lowest BCUT2D eigenvalue weighted by molar-refractivity contribution is -0.307. The van der Waals surface area contributed by atoms with Crippen molar-refractivity contribution >= 4 is 29.5 Å². The molecule has 2 fully saturated rings. The van der Waals surface area contributed by atoms with Crippen LogP contribution in [-0.4, -0.2) is 50.1 Å². The van der Waals surface area contributed by atoms with Gasteiger partial charge in [0, 0.05) is 0 Å². The number of benzene rings is 4. The molecule has 2 saturated heterocycles. The lowest BCUT2D eigenvalue weighted by Crippen LogP contribution is -2.72. The Bertz CT molecular complexity index is 1480. The molecule has 0 amide bonds. The maximum atomic E-state index is 11.2. The first-order valence-corrected chi connectivity index (χ1v) is 16.5. The second-order valence-electron chi connectivity index (χ2n) is 12.7. The molecule has 2 aliphatic rings. The topological polar surface area (TPSA) is 66.4 Å². The van der Waals surface area contributed by atoms with Crippen molar-refractivity contribution in [1.29, 1.82) is 0 Å². The summed E-state index contributed by atoms with van der Waals surface area (Å²) >= 11 is 0. The Labute approximate surface area is 249 Å². The fraction of sp³-hybridized carbons (Fsp3) is 0.371. The standard InChI is InChI=1S/C35H40O6Si/c1-33(2,3)42(28-16-8-6-9-17-28,29-18-10-7-11-19-29)41-35(24-36)31(30-32(40-35)39-34(4,5)38-30)37-23-25-20-21-26-14-12-13-15-27(26)22-25/h6-22,30-32,36H,23-24H2,1-5H3/t30-,31+,32+,35-/m1/s1. The van der Waals surface area contributed by atoms with Gasteiger partial charge in [-0.15, -0.1) is 0 Å². The molecule has 6 nitrogen and oxygen atoms in total. The van der Waals surface area contributed by atoms with Crippen molar-refractivity contribution in [1.82, 2.24) is 0 Å². The second kappa shape index (κ2) is 11.0. The van der Waals surface area contributed by atoms with Crippen LogP contribution in [0, 0.1) is 0 Å². The van der Waals surface area contributed by atoms with Crippen LogP contribution in [0.5, 0.6) is 0 Å². The molecule has 42 heavy (non-hydrogen) atoms. The normalized spacial score (nSPS) is 25.5. The zero-order chi connectivity index (χ0) is 29.6. The highest BCUT2D eigenvalue weighted by molar-refractivity contribution is 6.99. The first-order valence-electron chi connectivity index (χ1n) is 14.6. The molecule has 0 saturated carbocycles. The first kappa shape index (κ1) is 29.2. The van der Waals surface area contributed by atoms with Gasteiger partial charge in [-0.2, -0.15) is 0 Å². The van der Waals surface area contributed by atoms with Crippen molar-refractivity contribution in [2.45, 2.75) is 76.3 Å². The maximum absolute atomic E-state index is 11.2. The Morgan fingerprint density at radius 1 is 0.762 bits per heavy atom. The average Bonchev–Trinajstić information content (AvgIpc) is 3.43. The van der Waals surface area contributed by atoms with Crippen LogP contribution in [0.2, 0.25) is 5.04 Å². The molecule has 4 aromatic rings. The number of hydrogen-bond acceptors (Lipinski definition) is 6. The summed E-state index contributed by atoms with van der Waals surface area (Å²) in [7, 11) is -3.15. The largest absolute Gasteiger partial charge is 0.391 e. The maximum Gasteiger partial charge on any atom is 0.265 e. The molecule has 2 aliphatic heterocycles. The van der Waals surface area contributed by atoms with E-state index >= 15 is 0 Å². The Kier molecular flexibility index (Phi) is 7.64. The summed E-state index contributed by atoms with van der Waals surface area (Å²) in [6.07, 6.45) is -2.11. The Morgan fingerprint density at radius 3 is 1.95 bits per heavy atom. The highest BCUT2D eigenvalue weighted by atomic mass is 28.4. The molecule has 2 heterocycles. The van der Waals surface area contributed by atoms with E-state index in [4.69, 9.17) is 23.4 Å². The van der Waals surface area contributed by atoms with Crippen molar-refractivity contribution in [2.24, 2.45) is 0 Å². The second-order valence-corrected chi connectivity index (χ2v) is 17.0. The van der Waals surface area contributed by atoms with E-state index in [9.17, 15) is 5.11 Å². The monoisotopic (exact) mass is 584 g/mol. The van der Waals surface area contributed by atoms with Gasteiger partial charge in [-0.3, -0.25) is 0 Å². The van der Waals surface area contributed by atoms with Crippen molar-refractivity contribution in [3.8, 4) is 0 Å². The van der Waals surface area contributed by atoms with Gasteiger partial charge < -0.3 is 28.5 Å². The van der Waals surface area contributed by atoms with E-state index in [1.165, 1.54) is 5.39 Å².